The molecule has 0 unspecified atom stereocenters. The van der Waals surface area contributed by atoms with Gasteiger partial charge in [0.2, 0.25) is 0 Å². The third-order valence-electron chi connectivity index (χ3n) is 3.10. The van der Waals surface area contributed by atoms with E-state index in [0.29, 0.717) is 24.4 Å². The SMILES string of the molecule is COCCCS(=O)(=O)c1ccc(C(=N)C(=O)Oc2ncc(F)s2)cc1. The van der Waals surface area contributed by atoms with Crippen molar-refractivity contribution in [1.82, 2.24) is 4.98 Å². The first-order valence-corrected chi connectivity index (χ1v) is 9.54. The van der Waals surface area contributed by atoms with E-state index >= 15 is 0 Å². The Morgan fingerprint density at radius 1 is 1.32 bits per heavy atom. The first-order chi connectivity index (χ1) is 11.8. The number of sulfone groups is 1. The predicted molar refractivity (Wildman–Crippen MR) is 89.5 cm³/mol. The van der Waals surface area contributed by atoms with E-state index in [-0.39, 0.29) is 21.4 Å². The molecule has 0 fully saturated rings. The lowest BCUT2D eigenvalue weighted by Gasteiger charge is -2.06. The van der Waals surface area contributed by atoms with E-state index < -0.39 is 26.6 Å². The van der Waals surface area contributed by atoms with E-state index in [1.807, 2.05) is 0 Å². The van der Waals surface area contributed by atoms with Crippen LogP contribution in [0, 0.1) is 10.5 Å². The minimum Gasteiger partial charge on any atom is -0.393 e. The number of carbonyl (C=O) groups excluding carboxylic acids is 1. The smallest absolute Gasteiger partial charge is 0.364 e. The maximum Gasteiger partial charge on any atom is 0.364 e. The first kappa shape index (κ1) is 19.2. The minimum atomic E-state index is -3.46. The number of methoxy groups -OCH3 is 1. The van der Waals surface area contributed by atoms with Crippen molar-refractivity contribution in [2.24, 2.45) is 0 Å². The number of rotatable bonds is 8. The highest BCUT2D eigenvalue weighted by Gasteiger charge is 2.19. The van der Waals surface area contributed by atoms with Crippen molar-refractivity contribution in [3.63, 3.8) is 0 Å². The summed E-state index contributed by atoms with van der Waals surface area (Å²) in [6.45, 7) is 0.338. The Hall–Kier alpha value is -2.17. The van der Waals surface area contributed by atoms with Crippen LogP contribution in [-0.2, 0) is 19.4 Å². The summed E-state index contributed by atoms with van der Waals surface area (Å²) in [4.78, 5) is 15.5. The zero-order valence-corrected chi connectivity index (χ0v) is 14.8. The van der Waals surface area contributed by atoms with Crippen LogP contribution in [-0.4, -0.2) is 44.6 Å². The van der Waals surface area contributed by atoms with Gasteiger partial charge in [-0.1, -0.05) is 12.1 Å². The summed E-state index contributed by atoms with van der Waals surface area (Å²) in [7, 11) is -1.97. The van der Waals surface area contributed by atoms with Gasteiger partial charge in [0.25, 0.3) is 5.19 Å². The maximum atomic E-state index is 12.8. The second kappa shape index (κ2) is 8.28. The molecule has 0 aliphatic heterocycles. The molecule has 1 aromatic heterocycles. The van der Waals surface area contributed by atoms with Gasteiger partial charge < -0.3 is 9.47 Å². The van der Waals surface area contributed by atoms with Crippen LogP contribution in [0.3, 0.4) is 0 Å². The van der Waals surface area contributed by atoms with Crippen molar-refractivity contribution >= 4 is 32.9 Å². The van der Waals surface area contributed by atoms with Gasteiger partial charge in [0.15, 0.2) is 15.0 Å². The van der Waals surface area contributed by atoms with Crippen LogP contribution >= 0.6 is 11.3 Å². The van der Waals surface area contributed by atoms with E-state index in [1.165, 1.54) is 31.4 Å². The van der Waals surface area contributed by atoms with Crippen molar-refractivity contribution in [2.75, 3.05) is 19.5 Å². The van der Waals surface area contributed by atoms with Gasteiger partial charge in [0.1, 0.15) is 5.71 Å². The molecule has 2 rings (SSSR count). The molecule has 1 aromatic carbocycles. The zero-order valence-electron chi connectivity index (χ0n) is 13.2. The maximum absolute atomic E-state index is 12.8. The van der Waals surface area contributed by atoms with Crippen LogP contribution in [0.25, 0.3) is 0 Å². The number of esters is 1. The van der Waals surface area contributed by atoms with Gasteiger partial charge in [-0.25, -0.2) is 18.2 Å². The zero-order chi connectivity index (χ0) is 18.4. The van der Waals surface area contributed by atoms with Gasteiger partial charge in [0.05, 0.1) is 16.8 Å². The van der Waals surface area contributed by atoms with Crippen molar-refractivity contribution in [3.05, 3.63) is 41.2 Å². The summed E-state index contributed by atoms with van der Waals surface area (Å²) >= 11 is 0.537. The quantitative estimate of drug-likeness (QED) is 0.423. The summed E-state index contributed by atoms with van der Waals surface area (Å²) in [6.07, 6.45) is 1.27. The van der Waals surface area contributed by atoms with E-state index in [2.05, 4.69) is 4.98 Å². The Bertz CT molecular complexity index is 862. The van der Waals surface area contributed by atoms with Crippen molar-refractivity contribution in [3.8, 4) is 5.19 Å². The molecule has 7 nitrogen and oxygen atoms in total. The van der Waals surface area contributed by atoms with E-state index in [0.717, 1.165) is 6.20 Å². The van der Waals surface area contributed by atoms with Crippen LogP contribution in [0.5, 0.6) is 5.19 Å². The van der Waals surface area contributed by atoms with Gasteiger partial charge >= 0.3 is 5.97 Å². The number of ether oxygens (including phenoxy) is 2. The van der Waals surface area contributed by atoms with Gasteiger partial charge in [-0.2, -0.15) is 4.39 Å². The molecule has 0 saturated carbocycles. The van der Waals surface area contributed by atoms with E-state index in [1.54, 1.807) is 0 Å². The molecule has 10 heteroatoms. The molecule has 134 valence electrons. The monoisotopic (exact) mass is 386 g/mol. The molecule has 25 heavy (non-hydrogen) atoms. The largest absolute Gasteiger partial charge is 0.393 e. The van der Waals surface area contributed by atoms with E-state index in [4.69, 9.17) is 14.9 Å². The Morgan fingerprint density at radius 3 is 2.56 bits per heavy atom. The summed E-state index contributed by atoms with van der Waals surface area (Å²) in [5, 5.41) is 6.98. The molecule has 0 bridgehead atoms. The first-order valence-electron chi connectivity index (χ1n) is 7.07. The Kier molecular flexibility index (Phi) is 6.34. The van der Waals surface area contributed by atoms with Crippen LogP contribution in [0.1, 0.15) is 12.0 Å². The summed E-state index contributed by atoms with van der Waals surface area (Å²) < 4.78 is 46.7. The number of carbonyl (C=O) groups is 1. The molecular weight excluding hydrogens is 371 g/mol. The summed E-state index contributed by atoms with van der Waals surface area (Å²) in [5.41, 5.74) is -0.309. The molecule has 2 aromatic rings. The predicted octanol–water partition coefficient (Wildman–Crippen LogP) is 2.07. The fourth-order valence-corrected chi connectivity index (χ4v) is 3.65. The number of hydrogen-bond acceptors (Lipinski definition) is 8. The lowest BCUT2D eigenvalue weighted by atomic mass is 10.1. The number of nitrogens with one attached hydrogen (secondary N) is 1. The number of hydrogen-bond donors (Lipinski definition) is 1. The van der Waals surface area contributed by atoms with Crippen LogP contribution < -0.4 is 4.74 Å². The van der Waals surface area contributed by atoms with Crippen molar-refractivity contribution in [1.29, 1.82) is 5.41 Å². The third-order valence-corrected chi connectivity index (χ3v) is 5.58. The molecule has 0 aliphatic rings. The number of thiazole rings is 1. The number of aromatic nitrogens is 1. The molecule has 0 amide bonds. The van der Waals surface area contributed by atoms with Crippen molar-refractivity contribution in [2.45, 2.75) is 11.3 Å². The minimum absolute atomic E-state index is 0.0602. The van der Waals surface area contributed by atoms with Gasteiger partial charge in [-0.05, 0) is 29.9 Å². The van der Waals surface area contributed by atoms with E-state index in [9.17, 15) is 17.6 Å². The lowest BCUT2D eigenvalue weighted by molar-refractivity contribution is -0.126. The molecule has 1 N–H and O–H groups in total. The molecule has 0 spiro atoms. The molecule has 0 aliphatic carbocycles. The highest BCUT2D eigenvalue weighted by molar-refractivity contribution is 7.91. The second-order valence-electron chi connectivity index (χ2n) is 4.88. The summed E-state index contributed by atoms with van der Waals surface area (Å²) in [6, 6.07) is 5.33. The number of halogens is 1. The molecule has 0 saturated heterocycles. The fraction of sp³-hybridized carbons (Fsp3) is 0.267. The topological polar surface area (TPSA) is 106 Å². The molecule has 0 radical (unpaired) electrons. The third kappa shape index (κ3) is 5.15. The fourth-order valence-electron chi connectivity index (χ4n) is 1.88. The van der Waals surface area contributed by atoms with Crippen LogP contribution in [0.15, 0.2) is 35.4 Å². The Morgan fingerprint density at radius 2 is 2.00 bits per heavy atom. The Balaban J connectivity index is 2.05. The van der Waals surface area contributed by atoms with Gasteiger partial charge in [-0.3, -0.25) is 5.41 Å². The van der Waals surface area contributed by atoms with Crippen LogP contribution in [0.2, 0.25) is 0 Å². The number of benzene rings is 1. The standard InChI is InChI=1S/C15H15FN2O5S2/c1-22-7-2-8-25(20,21)11-5-3-10(4-6-11)13(17)14(19)23-15-18-9-12(16)24-15/h3-6,9,17H,2,7-8H2,1H3. The molecule has 1 heterocycles. The van der Waals surface area contributed by atoms with Gasteiger partial charge in [-0.15, -0.1) is 0 Å². The highest BCUT2D eigenvalue weighted by Crippen LogP contribution is 2.19. The molecule has 0 atom stereocenters. The highest BCUT2D eigenvalue weighted by atomic mass is 32.2. The van der Waals surface area contributed by atoms with Gasteiger partial charge in [0, 0.05) is 19.3 Å². The Labute approximate surface area is 147 Å². The lowest BCUT2D eigenvalue weighted by Crippen LogP contribution is -2.20. The average Bonchev–Trinajstić information content (AvgIpc) is 2.99. The number of nitrogens with zero attached hydrogens (tertiary/aromatic N) is 1. The normalized spacial score (nSPS) is 11.3. The second-order valence-corrected chi connectivity index (χ2v) is 7.94. The summed E-state index contributed by atoms with van der Waals surface area (Å²) in [5.74, 6) is -1.07. The van der Waals surface area contributed by atoms with Crippen LogP contribution in [0.4, 0.5) is 4.39 Å². The molecular formula is C15H15FN2O5S2. The van der Waals surface area contributed by atoms with Crippen molar-refractivity contribution < 1.29 is 27.1 Å². The average molecular weight is 386 g/mol.